The van der Waals surface area contributed by atoms with Crippen LogP contribution in [0, 0.1) is 6.92 Å². The van der Waals surface area contributed by atoms with Gasteiger partial charge in [-0.2, -0.15) is 0 Å². The Morgan fingerprint density at radius 1 is 1.47 bits per heavy atom. The third-order valence-electron chi connectivity index (χ3n) is 2.91. The normalized spacial score (nSPS) is 12.9. The van der Waals surface area contributed by atoms with Crippen LogP contribution < -0.4 is 5.32 Å². The molecule has 1 N–H and O–H groups in total. The molecule has 1 unspecified atom stereocenters. The number of nitrogens with one attached hydrogen (secondary N) is 1. The van der Waals surface area contributed by atoms with Crippen molar-refractivity contribution in [1.82, 2.24) is 19.9 Å². The Bertz CT molecular complexity index is 474. The van der Waals surface area contributed by atoms with Crippen molar-refractivity contribution >= 4 is 11.3 Å². The number of hydrogen-bond acceptors (Lipinski definition) is 4. The summed E-state index contributed by atoms with van der Waals surface area (Å²) in [6, 6.07) is 0.373. The molecule has 0 saturated carbocycles. The van der Waals surface area contributed by atoms with Gasteiger partial charge >= 0.3 is 0 Å². The number of imidazole rings is 1. The van der Waals surface area contributed by atoms with E-state index in [4.69, 9.17) is 0 Å². The van der Waals surface area contributed by atoms with Gasteiger partial charge in [0.05, 0.1) is 5.01 Å². The molecule has 92 valence electrons. The molecule has 2 aromatic rings. The summed E-state index contributed by atoms with van der Waals surface area (Å²) in [5.74, 6) is 1.13. The fourth-order valence-electron chi connectivity index (χ4n) is 1.88. The zero-order chi connectivity index (χ0) is 12.3. The predicted molar refractivity (Wildman–Crippen MR) is 70.2 cm³/mol. The molecular formula is C12H18N4S. The van der Waals surface area contributed by atoms with Gasteiger partial charge in [0.25, 0.3) is 0 Å². The monoisotopic (exact) mass is 250 g/mol. The van der Waals surface area contributed by atoms with Gasteiger partial charge in [-0.1, -0.05) is 0 Å². The average molecular weight is 250 g/mol. The molecule has 0 bridgehead atoms. The quantitative estimate of drug-likeness (QED) is 0.883. The molecule has 0 amide bonds. The zero-order valence-corrected chi connectivity index (χ0v) is 11.3. The molecule has 17 heavy (non-hydrogen) atoms. The highest BCUT2D eigenvalue weighted by atomic mass is 32.1. The topological polar surface area (TPSA) is 42.7 Å². The first-order chi connectivity index (χ1) is 8.20. The van der Waals surface area contributed by atoms with Gasteiger partial charge in [-0.25, -0.2) is 9.97 Å². The first-order valence-corrected chi connectivity index (χ1v) is 6.58. The van der Waals surface area contributed by atoms with Crippen molar-refractivity contribution in [1.29, 1.82) is 0 Å². The van der Waals surface area contributed by atoms with Crippen molar-refractivity contribution in [3.05, 3.63) is 34.3 Å². The van der Waals surface area contributed by atoms with E-state index < -0.39 is 0 Å². The molecule has 5 heteroatoms. The highest BCUT2D eigenvalue weighted by molar-refractivity contribution is 7.11. The second kappa shape index (κ2) is 5.42. The summed E-state index contributed by atoms with van der Waals surface area (Å²) in [6.45, 7) is 2.04. The van der Waals surface area contributed by atoms with Crippen LogP contribution >= 0.6 is 11.3 Å². The molecule has 1 atom stereocenters. The second-order valence-corrected chi connectivity index (χ2v) is 5.38. The van der Waals surface area contributed by atoms with Gasteiger partial charge in [-0.3, -0.25) is 0 Å². The number of aryl methyl sites for hydroxylation is 3. The first-order valence-electron chi connectivity index (χ1n) is 5.76. The lowest BCUT2D eigenvalue weighted by Crippen LogP contribution is -2.16. The molecule has 2 heterocycles. The van der Waals surface area contributed by atoms with Gasteiger partial charge < -0.3 is 9.88 Å². The van der Waals surface area contributed by atoms with E-state index in [1.807, 2.05) is 39.6 Å². The van der Waals surface area contributed by atoms with Gasteiger partial charge in [0.1, 0.15) is 5.82 Å². The molecule has 0 aromatic carbocycles. The summed E-state index contributed by atoms with van der Waals surface area (Å²) in [5.41, 5.74) is 0. The number of aromatic nitrogens is 3. The van der Waals surface area contributed by atoms with Gasteiger partial charge in [0, 0.05) is 43.0 Å². The Hall–Kier alpha value is -1.20. The Balaban J connectivity index is 1.99. The lowest BCUT2D eigenvalue weighted by molar-refractivity contribution is 0.543. The average Bonchev–Trinajstić information content (AvgIpc) is 2.90. The zero-order valence-electron chi connectivity index (χ0n) is 10.5. The largest absolute Gasteiger partial charge is 0.338 e. The molecular weight excluding hydrogens is 232 g/mol. The van der Waals surface area contributed by atoms with Crippen LogP contribution in [0.25, 0.3) is 0 Å². The molecule has 0 spiro atoms. The van der Waals surface area contributed by atoms with Gasteiger partial charge in [-0.05, 0) is 20.4 Å². The summed E-state index contributed by atoms with van der Waals surface area (Å²) in [4.78, 5) is 9.95. The molecule has 0 aliphatic heterocycles. The SMILES string of the molecule is CNC(CCc1nccn1C)c1cnc(C)s1. The van der Waals surface area contributed by atoms with Crippen LogP contribution in [0.5, 0.6) is 0 Å². The maximum Gasteiger partial charge on any atom is 0.108 e. The van der Waals surface area contributed by atoms with Crippen molar-refractivity contribution in [2.45, 2.75) is 25.8 Å². The number of nitrogens with zero attached hydrogens (tertiary/aromatic N) is 3. The maximum absolute atomic E-state index is 4.34. The van der Waals surface area contributed by atoms with Crippen molar-refractivity contribution in [3.63, 3.8) is 0 Å². The summed E-state index contributed by atoms with van der Waals surface area (Å²) in [6.07, 6.45) is 7.83. The highest BCUT2D eigenvalue weighted by Crippen LogP contribution is 2.23. The van der Waals surface area contributed by atoms with Gasteiger partial charge in [-0.15, -0.1) is 11.3 Å². The van der Waals surface area contributed by atoms with Crippen LogP contribution in [-0.4, -0.2) is 21.6 Å². The lowest BCUT2D eigenvalue weighted by atomic mass is 10.1. The van der Waals surface area contributed by atoms with Crippen molar-refractivity contribution < 1.29 is 0 Å². The van der Waals surface area contributed by atoms with E-state index >= 15 is 0 Å². The number of thiazole rings is 1. The van der Waals surface area contributed by atoms with Crippen LogP contribution in [-0.2, 0) is 13.5 Å². The molecule has 4 nitrogen and oxygen atoms in total. The van der Waals surface area contributed by atoms with Crippen LogP contribution in [0.4, 0.5) is 0 Å². The maximum atomic E-state index is 4.34. The molecule has 0 aliphatic rings. The summed E-state index contributed by atoms with van der Waals surface area (Å²) in [5, 5.41) is 4.47. The van der Waals surface area contributed by atoms with E-state index in [2.05, 4.69) is 19.9 Å². The summed E-state index contributed by atoms with van der Waals surface area (Å²) < 4.78 is 2.07. The molecule has 0 fully saturated rings. The number of hydrogen-bond donors (Lipinski definition) is 1. The van der Waals surface area contributed by atoms with E-state index in [0.29, 0.717) is 6.04 Å². The van der Waals surface area contributed by atoms with E-state index in [0.717, 1.165) is 23.7 Å². The first kappa shape index (κ1) is 12.3. The minimum atomic E-state index is 0.373. The molecule has 0 radical (unpaired) electrons. The Kier molecular flexibility index (Phi) is 3.91. The van der Waals surface area contributed by atoms with E-state index in [-0.39, 0.29) is 0 Å². The highest BCUT2D eigenvalue weighted by Gasteiger charge is 2.13. The molecule has 2 rings (SSSR count). The molecule has 0 aliphatic carbocycles. The van der Waals surface area contributed by atoms with E-state index in [9.17, 15) is 0 Å². The summed E-state index contributed by atoms with van der Waals surface area (Å²) in [7, 11) is 4.03. The Labute approximate surface area is 106 Å². The predicted octanol–water partition coefficient (Wildman–Crippen LogP) is 2.08. The van der Waals surface area contributed by atoms with Crippen molar-refractivity contribution in [3.8, 4) is 0 Å². The van der Waals surface area contributed by atoms with Crippen LogP contribution in [0.2, 0.25) is 0 Å². The van der Waals surface area contributed by atoms with Gasteiger partial charge in [0.15, 0.2) is 0 Å². The van der Waals surface area contributed by atoms with Gasteiger partial charge in [0.2, 0.25) is 0 Å². The smallest absolute Gasteiger partial charge is 0.108 e. The van der Waals surface area contributed by atoms with Crippen molar-refractivity contribution in [2.75, 3.05) is 7.05 Å². The number of rotatable bonds is 5. The Morgan fingerprint density at radius 3 is 2.82 bits per heavy atom. The minimum Gasteiger partial charge on any atom is -0.338 e. The van der Waals surface area contributed by atoms with Crippen LogP contribution in [0.3, 0.4) is 0 Å². The third-order valence-corrected chi connectivity index (χ3v) is 3.94. The fourth-order valence-corrected chi connectivity index (χ4v) is 2.81. The third kappa shape index (κ3) is 2.92. The van der Waals surface area contributed by atoms with E-state index in [1.165, 1.54) is 4.88 Å². The van der Waals surface area contributed by atoms with Crippen LogP contribution in [0.1, 0.15) is 28.2 Å². The van der Waals surface area contributed by atoms with E-state index in [1.54, 1.807) is 11.3 Å². The molecule has 0 saturated heterocycles. The fraction of sp³-hybridized carbons (Fsp3) is 0.500. The minimum absolute atomic E-state index is 0.373. The molecule has 2 aromatic heterocycles. The van der Waals surface area contributed by atoms with Crippen molar-refractivity contribution in [2.24, 2.45) is 7.05 Å². The van der Waals surface area contributed by atoms with Crippen LogP contribution in [0.15, 0.2) is 18.6 Å². The lowest BCUT2D eigenvalue weighted by Gasteiger charge is -2.13. The second-order valence-electron chi connectivity index (χ2n) is 4.12. The standard InChI is InChI=1S/C12H18N4S/c1-9-15-8-11(17-9)10(13-2)4-5-12-14-6-7-16(12)3/h6-8,10,13H,4-5H2,1-3H3. The summed E-state index contributed by atoms with van der Waals surface area (Å²) >= 11 is 1.76. The Morgan fingerprint density at radius 2 is 2.29 bits per heavy atom.